The number of piperidine rings is 1. The Labute approximate surface area is 226 Å². The van der Waals surface area contributed by atoms with Crippen LogP contribution in [0.5, 0.6) is 11.5 Å². The molecule has 1 N–H and O–H groups in total. The lowest BCUT2D eigenvalue weighted by molar-refractivity contribution is -0.138. The summed E-state index contributed by atoms with van der Waals surface area (Å²) in [4.78, 5) is 17.9. The van der Waals surface area contributed by atoms with Crippen LogP contribution < -0.4 is 4.74 Å². The number of likely N-dealkylation sites (tertiary alicyclic amines) is 1. The Hall–Kier alpha value is -3.18. The maximum absolute atomic E-state index is 13.6. The van der Waals surface area contributed by atoms with E-state index in [0.717, 1.165) is 61.2 Å². The molecule has 2 aliphatic heterocycles. The van der Waals surface area contributed by atoms with E-state index in [1.165, 1.54) is 12.1 Å². The third kappa shape index (κ3) is 4.09. The molecule has 6 rings (SSSR count). The Morgan fingerprint density at radius 1 is 1.21 bits per heavy atom. The predicted octanol–water partition coefficient (Wildman–Crippen LogP) is 4.98. The van der Waals surface area contributed by atoms with Gasteiger partial charge in [-0.15, -0.1) is 0 Å². The normalized spacial score (nSPS) is 28.8. The molecule has 0 radical (unpaired) electrons. The van der Waals surface area contributed by atoms with Gasteiger partial charge in [0.25, 0.3) is 5.91 Å². The number of ether oxygens (including phenoxy) is 1. The highest BCUT2D eigenvalue weighted by atomic mass is 19.4. The summed E-state index contributed by atoms with van der Waals surface area (Å²) in [5.74, 6) is 6.87. The van der Waals surface area contributed by atoms with Gasteiger partial charge in [-0.25, -0.2) is 0 Å². The van der Waals surface area contributed by atoms with Crippen LogP contribution in [0.15, 0.2) is 36.4 Å². The van der Waals surface area contributed by atoms with E-state index in [-0.39, 0.29) is 29.4 Å². The molecule has 2 aromatic carbocycles. The van der Waals surface area contributed by atoms with Gasteiger partial charge in [0.05, 0.1) is 11.6 Å². The number of alkyl halides is 3. The van der Waals surface area contributed by atoms with Gasteiger partial charge in [-0.1, -0.05) is 19.8 Å². The van der Waals surface area contributed by atoms with Crippen LogP contribution in [0.4, 0.5) is 13.2 Å². The topological polar surface area (TPSA) is 53.0 Å². The number of halogens is 3. The smallest absolute Gasteiger partial charge is 0.416 e. The third-order valence-electron chi connectivity index (χ3n) is 9.33. The Morgan fingerprint density at radius 2 is 1.95 bits per heavy atom. The molecule has 2 aliphatic carbocycles. The van der Waals surface area contributed by atoms with Crippen molar-refractivity contribution in [3.05, 3.63) is 58.7 Å². The standard InChI is InChI=1S/C31H33F3N2O3/c1-18(2)17-36(27(38)13-6-19-4-7-20(8-5-19)31(32,33)34)23-10-9-22-24-16-21-25(37)11-12-26-28(21)30(22,29(23)39-26)14-15-35(24)3/h4-5,7-8,11-12,18,22-24,29,37H,9-10,14-17H2,1-3H3/t22-,23+,24+,29-,30-/m0/s1. The van der Waals surface area contributed by atoms with Crippen molar-refractivity contribution in [2.24, 2.45) is 11.8 Å². The number of aromatic hydroxyl groups is 1. The van der Waals surface area contributed by atoms with Crippen molar-refractivity contribution in [2.75, 3.05) is 20.1 Å². The van der Waals surface area contributed by atoms with E-state index >= 15 is 0 Å². The molecule has 39 heavy (non-hydrogen) atoms. The quantitative estimate of drug-likeness (QED) is 0.560. The Balaban J connectivity index is 1.35. The van der Waals surface area contributed by atoms with Gasteiger partial charge in [-0.2, -0.15) is 13.2 Å². The molecule has 1 saturated heterocycles. The first-order valence-electron chi connectivity index (χ1n) is 13.7. The molecule has 2 fully saturated rings. The summed E-state index contributed by atoms with van der Waals surface area (Å²) in [5.41, 5.74) is 1.46. The van der Waals surface area contributed by atoms with E-state index in [2.05, 4.69) is 37.6 Å². The van der Waals surface area contributed by atoms with E-state index in [0.29, 0.717) is 29.8 Å². The fourth-order valence-corrected chi connectivity index (χ4v) is 7.74. The molecule has 206 valence electrons. The van der Waals surface area contributed by atoms with Crippen LogP contribution in [0, 0.1) is 23.7 Å². The largest absolute Gasteiger partial charge is 0.508 e. The first-order valence-corrected chi connectivity index (χ1v) is 13.7. The van der Waals surface area contributed by atoms with Crippen molar-refractivity contribution in [3.8, 4) is 23.3 Å². The van der Waals surface area contributed by atoms with E-state index < -0.39 is 11.7 Å². The second kappa shape index (κ2) is 9.19. The minimum atomic E-state index is -4.42. The molecule has 1 amide bonds. The van der Waals surface area contributed by atoms with Crippen molar-refractivity contribution < 1.29 is 27.8 Å². The third-order valence-corrected chi connectivity index (χ3v) is 9.33. The van der Waals surface area contributed by atoms with Crippen LogP contribution >= 0.6 is 0 Å². The zero-order chi connectivity index (χ0) is 27.7. The summed E-state index contributed by atoms with van der Waals surface area (Å²) < 4.78 is 45.5. The van der Waals surface area contributed by atoms with Gasteiger partial charge >= 0.3 is 6.18 Å². The maximum Gasteiger partial charge on any atom is 0.416 e. The van der Waals surface area contributed by atoms with Gasteiger partial charge in [0.2, 0.25) is 0 Å². The van der Waals surface area contributed by atoms with Crippen LogP contribution in [0.25, 0.3) is 0 Å². The van der Waals surface area contributed by atoms with Crippen molar-refractivity contribution in [1.82, 2.24) is 9.80 Å². The number of rotatable bonds is 3. The monoisotopic (exact) mass is 538 g/mol. The van der Waals surface area contributed by atoms with Gasteiger partial charge in [0, 0.05) is 40.6 Å². The molecule has 5 nitrogen and oxygen atoms in total. The first-order chi connectivity index (χ1) is 18.5. The van der Waals surface area contributed by atoms with Gasteiger partial charge in [0.15, 0.2) is 0 Å². The average Bonchev–Trinajstić information content (AvgIpc) is 3.23. The zero-order valence-corrected chi connectivity index (χ0v) is 22.4. The van der Waals surface area contributed by atoms with Crippen molar-refractivity contribution in [1.29, 1.82) is 0 Å². The molecule has 2 aromatic rings. The average molecular weight is 539 g/mol. The fourth-order valence-electron chi connectivity index (χ4n) is 7.74. The molecule has 0 aromatic heterocycles. The van der Waals surface area contributed by atoms with Crippen LogP contribution in [-0.2, 0) is 22.8 Å². The lowest BCUT2D eigenvalue weighted by atomic mass is 9.51. The Bertz CT molecular complexity index is 1360. The predicted molar refractivity (Wildman–Crippen MR) is 140 cm³/mol. The number of hydrogen-bond acceptors (Lipinski definition) is 4. The summed E-state index contributed by atoms with van der Waals surface area (Å²) in [5, 5.41) is 10.8. The number of carbonyl (C=O) groups excluding carboxylic acids is 1. The SMILES string of the molecule is CC(C)CN(C(=O)C#Cc1ccc(C(F)(F)F)cc1)[C@@H]1CC[C@H]2[C@H]3Cc4c(O)ccc5c4[C@@]2(CCN3C)[C@H]1O5. The van der Waals surface area contributed by atoms with Gasteiger partial charge in [-0.05, 0) is 87.5 Å². The summed E-state index contributed by atoms with van der Waals surface area (Å²) in [6.45, 7) is 5.54. The molecule has 2 heterocycles. The van der Waals surface area contributed by atoms with Gasteiger partial charge in [-0.3, -0.25) is 4.79 Å². The molecule has 0 unspecified atom stereocenters. The van der Waals surface area contributed by atoms with Crippen molar-refractivity contribution in [2.45, 2.75) is 69.3 Å². The molecule has 4 aliphatic rings. The summed E-state index contributed by atoms with van der Waals surface area (Å²) in [6, 6.07) is 8.27. The number of amides is 1. The minimum Gasteiger partial charge on any atom is -0.508 e. The summed E-state index contributed by atoms with van der Waals surface area (Å²) >= 11 is 0. The maximum atomic E-state index is 13.6. The van der Waals surface area contributed by atoms with Crippen molar-refractivity contribution >= 4 is 5.91 Å². The zero-order valence-electron chi connectivity index (χ0n) is 22.4. The number of phenolic OH excluding ortho intramolecular Hbond substituents is 1. The molecular formula is C31H33F3N2O3. The van der Waals surface area contributed by atoms with Crippen LogP contribution in [0.1, 0.15) is 55.4 Å². The first kappa shape index (κ1) is 26.1. The molecule has 2 bridgehead atoms. The highest BCUT2D eigenvalue weighted by Gasteiger charge is 2.66. The van der Waals surface area contributed by atoms with Crippen LogP contribution in [0.3, 0.4) is 0 Å². The number of carbonyl (C=O) groups is 1. The molecule has 1 saturated carbocycles. The van der Waals surface area contributed by atoms with Crippen molar-refractivity contribution in [3.63, 3.8) is 0 Å². The second-order valence-electron chi connectivity index (χ2n) is 11.9. The summed E-state index contributed by atoms with van der Waals surface area (Å²) in [6.07, 6.45) is -1.23. The highest BCUT2D eigenvalue weighted by molar-refractivity contribution is 5.94. The fraction of sp³-hybridized carbons (Fsp3) is 0.516. The molecule has 1 spiro atoms. The minimum absolute atomic E-state index is 0.192. The van der Waals surface area contributed by atoms with Gasteiger partial charge in [0.1, 0.15) is 17.6 Å². The molecule has 5 atom stereocenters. The van der Waals surface area contributed by atoms with E-state index in [4.69, 9.17) is 4.74 Å². The number of likely N-dealkylation sites (N-methyl/N-ethyl adjacent to an activating group) is 1. The number of phenols is 1. The van der Waals surface area contributed by atoms with Crippen LogP contribution in [0.2, 0.25) is 0 Å². The number of hydrogen-bond donors (Lipinski definition) is 1. The summed E-state index contributed by atoms with van der Waals surface area (Å²) in [7, 11) is 2.16. The van der Waals surface area contributed by atoms with E-state index in [1.54, 1.807) is 6.07 Å². The lowest BCUT2D eigenvalue weighted by Gasteiger charge is -2.60. The van der Waals surface area contributed by atoms with E-state index in [1.807, 2.05) is 11.0 Å². The highest BCUT2D eigenvalue weighted by Crippen LogP contribution is 2.63. The Morgan fingerprint density at radius 3 is 2.64 bits per heavy atom. The molecule has 8 heteroatoms. The van der Waals surface area contributed by atoms with E-state index in [9.17, 15) is 23.1 Å². The number of nitrogens with zero attached hydrogens (tertiary/aromatic N) is 2. The number of benzene rings is 2. The Kier molecular flexibility index (Phi) is 6.14. The molecular weight excluding hydrogens is 505 g/mol. The lowest BCUT2D eigenvalue weighted by Crippen LogP contribution is -2.68. The van der Waals surface area contributed by atoms with Gasteiger partial charge < -0.3 is 19.6 Å². The second-order valence-corrected chi connectivity index (χ2v) is 11.9. The van der Waals surface area contributed by atoms with Crippen LogP contribution in [-0.4, -0.2) is 59.1 Å².